The fourth-order valence-corrected chi connectivity index (χ4v) is 2.83. The second-order valence-electron chi connectivity index (χ2n) is 5.70. The molecule has 7 heteroatoms. The van der Waals surface area contributed by atoms with Crippen LogP contribution in [-0.4, -0.2) is 35.1 Å². The number of aromatic nitrogens is 2. The van der Waals surface area contributed by atoms with Crippen molar-refractivity contribution in [1.29, 1.82) is 0 Å². The number of hydrogen-bond acceptors (Lipinski definition) is 5. The van der Waals surface area contributed by atoms with E-state index in [4.69, 9.17) is 4.74 Å². The molecule has 0 radical (unpaired) electrons. The van der Waals surface area contributed by atoms with Gasteiger partial charge in [-0.3, -0.25) is 4.79 Å². The van der Waals surface area contributed by atoms with E-state index in [2.05, 4.69) is 36.5 Å². The molecule has 1 unspecified atom stereocenters. The van der Waals surface area contributed by atoms with Gasteiger partial charge in [-0.15, -0.1) is 0 Å². The van der Waals surface area contributed by atoms with Crippen LogP contribution in [0.3, 0.4) is 0 Å². The van der Waals surface area contributed by atoms with Crippen molar-refractivity contribution in [3.8, 4) is 0 Å². The molecule has 6 nitrogen and oxygen atoms in total. The van der Waals surface area contributed by atoms with Gasteiger partial charge in [0.05, 0.1) is 6.10 Å². The lowest BCUT2D eigenvalue weighted by Gasteiger charge is -2.11. The van der Waals surface area contributed by atoms with Crippen LogP contribution in [0.15, 0.2) is 34.9 Å². The number of carbonyl (C=O) groups is 1. The first-order valence-corrected chi connectivity index (χ1v) is 8.67. The highest BCUT2D eigenvalue weighted by atomic mass is 79.9. The Morgan fingerprint density at radius 1 is 1.42 bits per heavy atom. The van der Waals surface area contributed by atoms with E-state index in [0.29, 0.717) is 18.2 Å². The van der Waals surface area contributed by atoms with Crippen molar-refractivity contribution >= 4 is 33.5 Å². The van der Waals surface area contributed by atoms with E-state index < -0.39 is 0 Å². The van der Waals surface area contributed by atoms with Crippen LogP contribution in [0, 0.1) is 6.92 Å². The van der Waals surface area contributed by atoms with Crippen molar-refractivity contribution in [2.24, 2.45) is 0 Å². The average Bonchev–Trinajstić information content (AvgIpc) is 3.10. The summed E-state index contributed by atoms with van der Waals surface area (Å²) in [7, 11) is 0. The Kier molecular flexibility index (Phi) is 5.42. The van der Waals surface area contributed by atoms with E-state index in [1.165, 1.54) is 0 Å². The third kappa shape index (κ3) is 4.30. The van der Waals surface area contributed by atoms with E-state index in [0.717, 1.165) is 35.2 Å². The molecular formula is C17H19BrN4O2. The summed E-state index contributed by atoms with van der Waals surface area (Å²) in [6.45, 7) is 3.30. The van der Waals surface area contributed by atoms with Crippen molar-refractivity contribution in [2.75, 3.05) is 18.5 Å². The topological polar surface area (TPSA) is 76.1 Å². The number of ether oxygens (including phenoxy) is 1. The van der Waals surface area contributed by atoms with Gasteiger partial charge < -0.3 is 15.4 Å². The largest absolute Gasteiger partial charge is 0.376 e. The summed E-state index contributed by atoms with van der Waals surface area (Å²) in [5.74, 6) is 0.163. The van der Waals surface area contributed by atoms with Gasteiger partial charge in [0.25, 0.3) is 5.91 Å². The summed E-state index contributed by atoms with van der Waals surface area (Å²) in [4.78, 5) is 20.7. The van der Waals surface area contributed by atoms with Gasteiger partial charge in [-0.05, 0) is 43.5 Å². The third-order valence-corrected chi connectivity index (χ3v) is 4.68. The zero-order chi connectivity index (χ0) is 16.9. The number of nitrogens with zero attached hydrogens (tertiary/aromatic N) is 2. The van der Waals surface area contributed by atoms with E-state index in [-0.39, 0.29) is 12.0 Å². The summed E-state index contributed by atoms with van der Waals surface area (Å²) < 4.78 is 6.50. The third-order valence-electron chi connectivity index (χ3n) is 3.83. The second-order valence-corrected chi connectivity index (χ2v) is 6.55. The van der Waals surface area contributed by atoms with Gasteiger partial charge in [0.1, 0.15) is 5.69 Å². The Balaban J connectivity index is 1.64. The monoisotopic (exact) mass is 390 g/mol. The van der Waals surface area contributed by atoms with Crippen LogP contribution in [-0.2, 0) is 4.74 Å². The summed E-state index contributed by atoms with van der Waals surface area (Å²) in [5.41, 5.74) is 2.32. The molecule has 2 aromatic rings. The molecule has 0 saturated carbocycles. The maximum atomic E-state index is 12.2. The molecule has 1 aliphatic rings. The van der Waals surface area contributed by atoms with Crippen LogP contribution < -0.4 is 10.6 Å². The maximum absolute atomic E-state index is 12.2. The van der Waals surface area contributed by atoms with Crippen LogP contribution in [0.25, 0.3) is 0 Å². The Hall–Kier alpha value is -1.99. The number of amides is 1. The molecule has 1 amide bonds. The molecular weight excluding hydrogens is 372 g/mol. The molecule has 2 N–H and O–H groups in total. The first-order valence-electron chi connectivity index (χ1n) is 7.88. The number of aryl methyl sites for hydroxylation is 1. The standard InChI is InChI=1S/C17H19BrN4O2/c1-11-4-5-12(9-14(11)18)21-17-19-7-6-15(22-17)16(23)20-10-13-3-2-8-24-13/h4-7,9,13H,2-3,8,10H2,1H3,(H,20,23)(H,19,21,22). The fourth-order valence-electron chi connectivity index (χ4n) is 2.45. The SMILES string of the molecule is Cc1ccc(Nc2nccc(C(=O)NCC3CCCO3)n2)cc1Br. The maximum Gasteiger partial charge on any atom is 0.270 e. The van der Waals surface area contributed by atoms with Gasteiger partial charge >= 0.3 is 0 Å². The number of hydrogen-bond donors (Lipinski definition) is 2. The zero-order valence-electron chi connectivity index (χ0n) is 13.4. The average molecular weight is 391 g/mol. The number of benzene rings is 1. The molecule has 0 bridgehead atoms. The van der Waals surface area contributed by atoms with Crippen LogP contribution in [0.2, 0.25) is 0 Å². The number of halogens is 1. The highest BCUT2D eigenvalue weighted by molar-refractivity contribution is 9.10. The van der Waals surface area contributed by atoms with Crippen LogP contribution >= 0.6 is 15.9 Å². The summed E-state index contributed by atoms with van der Waals surface area (Å²) >= 11 is 3.49. The summed E-state index contributed by atoms with van der Waals surface area (Å²) in [6, 6.07) is 7.47. The van der Waals surface area contributed by atoms with Crippen LogP contribution in [0.1, 0.15) is 28.9 Å². The van der Waals surface area contributed by atoms with Gasteiger partial charge in [0, 0.05) is 29.5 Å². The van der Waals surface area contributed by atoms with Crippen molar-refractivity contribution in [3.05, 3.63) is 46.2 Å². The van der Waals surface area contributed by atoms with Crippen LogP contribution in [0.5, 0.6) is 0 Å². The van der Waals surface area contributed by atoms with Gasteiger partial charge in [-0.25, -0.2) is 9.97 Å². The smallest absolute Gasteiger partial charge is 0.270 e. The second kappa shape index (κ2) is 7.72. The van der Waals surface area contributed by atoms with Gasteiger partial charge in [0.2, 0.25) is 5.95 Å². The molecule has 1 aromatic carbocycles. The van der Waals surface area contributed by atoms with Crippen molar-refractivity contribution in [3.63, 3.8) is 0 Å². The van der Waals surface area contributed by atoms with E-state index in [1.807, 2.05) is 25.1 Å². The lowest BCUT2D eigenvalue weighted by molar-refractivity contribution is 0.0853. The Morgan fingerprint density at radius 3 is 3.04 bits per heavy atom. The van der Waals surface area contributed by atoms with E-state index in [9.17, 15) is 4.79 Å². The number of rotatable bonds is 5. The number of nitrogens with one attached hydrogen (secondary N) is 2. The first kappa shape index (κ1) is 16.9. The minimum atomic E-state index is -0.221. The van der Waals surface area contributed by atoms with Crippen molar-refractivity contribution in [1.82, 2.24) is 15.3 Å². The minimum absolute atomic E-state index is 0.110. The summed E-state index contributed by atoms with van der Waals surface area (Å²) in [5, 5.41) is 5.97. The lowest BCUT2D eigenvalue weighted by Crippen LogP contribution is -2.32. The highest BCUT2D eigenvalue weighted by Gasteiger charge is 2.17. The molecule has 0 aliphatic carbocycles. The Bertz CT molecular complexity index is 732. The first-order chi connectivity index (χ1) is 11.6. The Morgan fingerprint density at radius 2 is 2.29 bits per heavy atom. The lowest BCUT2D eigenvalue weighted by atomic mass is 10.2. The van der Waals surface area contributed by atoms with Gasteiger partial charge in [0.15, 0.2) is 0 Å². The highest BCUT2D eigenvalue weighted by Crippen LogP contribution is 2.22. The fraction of sp³-hybridized carbons (Fsp3) is 0.353. The molecule has 1 atom stereocenters. The molecule has 1 fully saturated rings. The van der Waals surface area contributed by atoms with Crippen molar-refractivity contribution < 1.29 is 9.53 Å². The number of carbonyl (C=O) groups excluding carboxylic acids is 1. The molecule has 2 heterocycles. The van der Waals surface area contributed by atoms with E-state index >= 15 is 0 Å². The van der Waals surface area contributed by atoms with Crippen molar-refractivity contribution in [2.45, 2.75) is 25.9 Å². The molecule has 1 aromatic heterocycles. The Labute approximate surface area is 149 Å². The van der Waals surface area contributed by atoms with Gasteiger partial charge in [-0.2, -0.15) is 0 Å². The van der Waals surface area contributed by atoms with Gasteiger partial charge in [-0.1, -0.05) is 22.0 Å². The summed E-state index contributed by atoms with van der Waals surface area (Å²) in [6.07, 6.45) is 3.71. The predicted molar refractivity (Wildman–Crippen MR) is 95.5 cm³/mol. The molecule has 1 aliphatic heterocycles. The predicted octanol–water partition coefficient (Wildman–Crippen LogP) is 3.20. The molecule has 126 valence electrons. The normalized spacial score (nSPS) is 16.8. The molecule has 3 rings (SSSR count). The molecule has 0 spiro atoms. The van der Waals surface area contributed by atoms with E-state index in [1.54, 1.807) is 12.3 Å². The quantitative estimate of drug-likeness (QED) is 0.819. The van der Waals surface area contributed by atoms with Crippen LogP contribution in [0.4, 0.5) is 11.6 Å². The molecule has 24 heavy (non-hydrogen) atoms. The number of anilines is 2. The minimum Gasteiger partial charge on any atom is -0.376 e. The molecule has 1 saturated heterocycles. The zero-order valence-corrected chi connectivity index (χ0v) is 15.0.